The summed E-state index contributed by atoms with van der Waals surface area (Å²) in [5.41, 5.74) is -0.360. The van der Waals surface area contributed by atoms with Gasteiger partial charge in [-0.25, -0.2) is 4.79 Å². The first-order chi connectivity index (χ1) is 6.57. The van der Waals surface area contributed by atoms with Crippen molar-refractivity contribution in [2.24, 2.45) is 0 Å². The van der Waals surface area contributed by atoms with Gasteiger partial charge < -0.3 is 4.98 Å². The molecule has 0 saturated carbocycles. The van der Waals surface area contributed by atoms with Crippen LogP contribution in [0.2, 0.25) is 5.02 Å². The van der Waals surface area contributed by atoms with Crippen LogP contribution in [0.1, 0.15) is 25.5 Å². The van der Waals surface area contributed by atoms with Crippen LogP contribution in [0.25, 0.3) is 0 Å². The van der Waals surface area contributed by atoms with Gasteiger partial charge in [-0.3, -0.25) is 9.36 Å². The second-order valence-corrected chi connectivity index (χ2v) is 3.56. The smallest absolute Gasteiger partial charge is 0.310 e. The van der Waals surface area contributed by atoms with Crippen LogP contribution in [-0.2, 0) is 6.54 Å². The van der Waals surface area contributed by atoms with Crippen LogP contribution < -0.4 is 11.2 Å². The Hall–Kier alpha value is -1.03. The van der Waals surface area contributed by atoms with E-state index in [0.29, 0.717) is 12.2 Å². The summed E-state index contributed by atoms with van der Waals surface area (Å²) in [5.74, 6) is 0. The quantitative estimate of drug-likeness (QED) is 0.828. The van der Waals surface area contributed by atoms with E-state index in [0.717, 1.165) is 17.4 Å². The molecular formula is C9H13ClN2O2. The van der Waals surface area contributed by atoms with E-state index in [9.17, 15) is 9.59 Å². The van der Waals surface area contributed by atoms with E-state index in [1.807, 2.05) is 6.92 Å². The molecule has 0 bridgehead atoms. The monoisotopic (exact) mass is 216 g/mol. The zero-order valence-electron chi connectivity index (χ0n) is 8.26. The van der Waals surface area contributed by atoms with E-state index >= 15 is 0 Å². The van der Waals surface area contributed by atoms with Crippen molar-refractivity contribution in [2.75, 3.05) is 0 Å². The molecule has 5 heteroatoms. The third kappa shape index (κ3) is 2.07. The zero-order chi connectivity index (χ0) is 10.7. The van der Waals surface area contributed by atoms with Gasteiger partial charge in [-0.05, 0) is 13.3 Å². The molecule has 0 aromatic carbocycles. The first kappa shape index (κ1) is 11.0. The van der Waals surface area contributed by atoms with Crippen molar-refractivity contribution in [3.8, 4) is 0 Å². The summed E-state index contributed by atoms with van der Waals surface area (Å²) in [6.07, 6.45) is 1.72. The van der Waals surface area contributed by atoms with Crippen LogP contribution >= 0.6 is 11.6 Å². The van der Waals surface area contributed by atoms with Gasteiger partial charge in [0.1, 0.15) is 5.02 Å². The Labute approximate surface area is 86.5 Å². The lowest BCUT2D eigenvalue weighted by Crippen LogP contribution is -2.36. The fraction of sp³-hybridized carbons (Fsp3) is 0.556. The third-order valence-corrected chi connectivity index (χ3v) is 2.48. The molecular weight excluding hydrogens is 204 g/mol. The number of halogens is 1. The van der Waals surface area contributed by atoms with E-state index in [1.54, 1.807) is 6.92 Å². The Morgan fingerprint density at radius 2 is 2.07 bits per heavy atom. The number of aromatic amines is 1. The zero-order valence-corrected chi connectivity index (χ0v) is 9.02. The summed E-state index contributed by atoms with van der Waals surface area (Å²) in [6, 6.07) is 0. The SMILES string of the molecule is CCCCn1c(=O)[nH]c(C)c(Cl)c1=O. The van der Waals surface area contributed by atoms with Gasteiger partial charge in [0.15, 0.2) is 0 Å². The molecule has 0 aliphatic rings. The van der Waals surface area contributed by atoms with E-state index in [1.165, 1.54) is 0 Å². The van der Waals surface area contributed by atoms with Crippen molar-refractivity contribution in [2.45, 2.75) is 33.2 Å². The van der Waals surface area contributed by atoms with Crippen LogP contribution in [0, 0.1) is 6.92 Å². The molecule has 1 N–H and O–H groups in total. The highest BCUT2D eigenvalue weighted by atomic mass is 35.5. The lowest BCUT2D eigenvalue weighted by atomic mass is 10.3. The first-order valence-electron chi connectivity index (χ1n) is 4.57. The maximum Gasteiger partial charge on any atom is 0.328 e. The molecule has 0 spiro atoms. The van der Waals surface area contributed by atoms with Gasteiger partial charge >= 0.3 is 5.69 Å². The minimum Gasteiger partial charge on any atom is -0.310 e. The summed E-state index contributed by atoms with van der Waals surface area (Å²) in [5, 5.41) is 0.0979. The first-order valence-corrected chi connectivity index (χ1v) is 4.95. The Morgan fingerprint density at radius 3 is 2.64 bits per heavy atom. The van der Waals surface area contributed by atoms with Crippen molar-refractivity contribution in [1.82, 2.24) is 9.55 Å². The van der Waals surface area contributed by atoms with Crippen molar-refractivity contribution < 1.29 is 0 Å². The van der Waals surface area contributed by atoms with Gasteiger partial charge in [0.05, 0.1) is 0 Å². The average Bonchev–Trinajstić information content (AvgIpc) is 2.14. The fourth-order valence-electron chi connectivity index (χ4n) is 1.17. The summed E-state index contributed by atoms with van der Waals surface area (Å²) >= 11 is 5.73. The standard InChI is InChI=1S/C9H13ClN2O2/c1-3-4-5-12-8(13)7(10)6(2)11-9(12)14/h3-5H2,1-2H3,(H,11,14). The molecule has 0 aliphatic carbocycles. The van der Waals surface area contributed by atoms with Gasteiger partial charge in [0.25, 0.3) is 5.56 Å². The van der Waals surface area contributed by atoms with Crippen molar-refractivity contribution in [1.29, 1.82) is 0 Å². The maximum absolute atomic E-state index is 11.5. The molecule has 0 radical (unpaired) electrons. The van der Waals surface area contributed by atoms with Gasteiger partial charge in [-0.2, -0.15) is 0 Å². The fourth-order valence-corrected chi connectivity index (χ4v) is 1.32. The number of hydrogen-bond donors (Lipinski definition) is 1. The van der Waals surface area contributed by atoms with E-state index in [2.05, 4.69) is 4.98 Å². The second-order valence-electron chi connectivity index (χ2n) is 3.18. The van der Waals surface area contributed by atoms with Crippen LogP contribution in [0.15, 0.2) is 9.59 Å². The Bertz CT molecular complexity index is 433. The molecule has 0 atom stereocenters. The summed E-state index contributed by atoms with van der Waals surface area (Å²) in [7, 11) is 0. The van der Waals surface area contributed by atoms with Crippen LogP contribution in [0.5, 0.6) is 0 Å². The molecule has 0 saturated heterocycles. The highest BCUT2D eigenvalue weighted by Crippen LogP contribution is 2.03. The minimum absolute atomic E-state index is 0.0979. The lowest BCUT2D eigenvalue weighted by molar-refractivity contribution is 0.581. The number of aromatic nitrogens is 2. The topological polar surface area (TPSA) is 54.9 Å². The Kier molecular flexibility index (Phi) is 3.52. The van der Waals surface area contributed by atoms with Crippen LogP contribution in [0.4, 0.5) is 0 Å². The van der Waals surface area contributed by atoms with E-state index in [4.69, 9.17) is 11.6 Å². The molecule has 4 nitrogen and oxygen atoms in total. The molecule has 1 heterocycles. The largest absolute Gasteiger partial charge is 0.328 e. The summed E-state index contributed by atoms with van der Waals surface area (Å²) in [4.78, 5) is 25.4. The Balaban J connectivity index is 3.23. The normalized spacial score (nSPS) is 10.5. The summed E-state index contributed by atoms with van der Waals surface area (Å²) < 4.78 is 1.14. The molecule has 1 rings (SSSR count). The van der Waals surface area contributed by atoms with Gasteiger partial charge in [0.2, 0.25) is 0 Å². The average molecular weight is 217 g/mol. The number of unbranched alkanes of at least 4 members (excludes halogenated alkanes) is 1. The number of hydrogen-bond acceptors (Lipinski definition) is 2. The predicted molar refractivity (Wildman–Crippen MR) is 56.0 cm³/mol. The van der Waals surface area contributed by atoms with Crippen molar-refractivity contribution in [3.63, 3.8) is 0 Å². The molecule has 1 aromatic rings. The molecule has 14 heavy (non-hydrogen) atoms. The van der Waals surface area contributed by atoms with Crippen LogP contribution in [0.3, 0.4) is 0 Å². The predicted octanol–water partition coefficient (Wildman–Crippen LogP) is 1.30. The van der Waals surface area contributed by atoms with E-state index < -0.39 is 5.56 Å². The number of aryl methyl sites for hydroxylation is 1. The molecule has 0 unspecified atom stereocenters. The number of nitrogens with one attached hydrogen (secondary N) is 1. The Morgan fingerprint density at radius 1 is 1.43 bits per heavy atom. The van der Waals surface area contributed by atoms with Crippen molar-refractivity contribution in [3.05, 3.63) is 31.6 Å². The number of H-pyrrole nitrogens is 1. The number of nitrogens with zero attached hydrogens (tertiary/aromatic N) is 1. The molecule has 0 amide bonds. The number of rotatable bonds is 3. The van der Waals surface area contributed by atoms with Gasteiger partial charge in [0, 0.05) is 12.2 Å². The minimum atomic E-state index is -0.402. The van der Waals surface area contributed by atoms with Crippen LogP contribution in [-0.4, -0.2) is 9.55 Å². The van der Waals surface area contributed by atoms with Crippen molar-refractivity contribution >= 4 is 11.6 Å². The molecule has 1 aromatic heterocycles. The lowest BCUT2D eigenvalue weighted by Gasteiger charge is -2.04. The third-order valence-electron chi connectivity index (χ3n) is 2.04. The highest BCUT2D eigenvalue weighted by Gasteiger charge is 2.07. The second kappa shape index (κ2) is 4.46. The molecule has 78 valence electrons. The van der Waals surface area contributed by atoms with Gasteiger partial charge in [-0.1, -0.05) is 24.9 Å². The molecule has 0 fully saturated rings. The summed E-state index contributed by atoms with van der Waals surface area (Å²) in [6.45, 7) is 4.02. The van der Waals surface area contributed by atoms with Gasteiger partial charge in [-0.15, -0.1) is 0 Å². The molecule has 0 aliphatic heterocycles. The van der Waals surface area contributed by atoms with E-state index in [-0.39, 0.29) is 10.7 Å². The highest BCUT2D eigenvalue weighted by molar-refractivity contribution is 6.30. The maximum atomic E-state index is 11.5.